The van der Waals surface area contributed by atoms with Crippen LogP contribution in [0.3, 0.4) is 0 Å². The molecule has 1 fully saturated rings. The van der Waals surface area contributed by atoms with Crippen LogP contribution in [0.2, 0.25) is 0 Å². The molecule has 0 bridgehead atoms. The lowest BCUT2D eigenvalue weighted by Gasteiger charge is -2.39. The Morgan fingerprint density at radius 3 is 3.03 bits per heavy atom. The molecule has 1 aliphatic rings. The molecule has 1 aliphatic carbocycles. The van der Waals surface area contributed by atoms with Crippen molar-refractivity contribution in [3.05, 3.63) is 42.7 Å². The molecule has 4 aromatic rings. The summed E-state index contributed by atoms with van der Waals surface area (Å²) in [7, 11) is 0. The number of H-pyrrole nitrogens is 1. The van der Waals surface area contributed by atoms with Crippen LogP contribution in [0.25, 0.3) is 33.5 Å². The molecule has 2 N–H and O–H groups in total. The molecule has 0 saturated heterocycles. The van der Waals surface area contributed by atoms with E-state index in [-0.39, 0.29) is 6.04 Å². The first-order valence-corrected chi connectivity index (χ1v) is 9.67. The maximum atomic E-state index is 13.7. The fourth-order valence-electron chi connectivity index (χ4n) is 4.49. The van der Waals surface area contributed by atoms with Gasteiger partial charge in [0, 0.05) is 34.9 Å². The molecule has 4 heterocycles. The molecule has 0 spiro atoms. The standard InChI is InChI=1S/C21H20FN5O2/c1-21(20(28)29)6-3-2-4-16(21)27-7-5-12-9-23-18(26-19(12)27)15-11-25-17-14(15)8-13(22)10-24-17/h5,7-11,16H,2-4,6H2,1H3,(H,24,25)(H,28,29)/t16-,21-/m0/s1. The third-order valence-electron chi connectivity index (χ3n) is 6.18. The van der Waals surface area contributed by atoms with Crippen molar-refractivity contribution in [1.82, 2.24) is 24.5 Å². The van der Waals surface area contributed by atoms with Crippen LogP contribution in [0.5, 0.6) is 0 Å². The van der Waals surface area contributed by atoms with Gasteiger partial charge >= 0.3 is 5.97 Å². The van der Waals surface area contributed by atoms with Gasteiger partial charge in [-0.15, -0.1) is 0 Å². The Morgan fingerprint density at radius 2 is 2.21 bits per heavy atom. The van der Waals surface area contributed by atoms with Crippen LogP contribution in [0.1, 0.15) is 38.6 Å². The average molecular weight is 393 g/mol. The lowest BCUT2D eigenvalue weighted by atomic mass is 9.71. The van der Waals surface area contributed by atoms with E-state index in [0.717, 1.165) is 30.8 Å². The minimum absolute atomic E-state index is 0.184. The van der Waals surface area contributed by atoms with Crippen molar-refractivity contribution in [3.8, 4) is 11.4 Å². The van der Waals surface area contributed by atoms with Gasteiger partial charge < -0.3 is 14.7 Å². The van der Waals surface area contributed by atoms with Gasteiger partial charge in [-0.3, -0.25) is 4.79 Å². The van der Waals surface area contributed by atoms with E-state index < -0.39 is 17.2 Å². The van der Waals surface area contributed by atoms with Gasteiger partial charge in [0.05, 0.1) is 17.7 Å². The number of aliphatic carboxylic acids is 1. The predicted molar refractivity (Wildman–Crippen MR) is 106 cm³/mol. The number of fused-ring (bicyclic) bond motifs is 2. The maximum Gasteiger partial charge on any atom is 0.311 e. The van der Waals surface area contributed by atoms with Crippen LogP contribution in [0.15, 0.2) is 36.9 Å². The largest absolute Gasteiger partial charge is 0.481 e. The van der Waals surface area contributed by atoms with Gasteiger partial charge in [0.1, 0.15) is 17.1 Å². The fraction of sp³-hybridized carbons (Fsp3) is 0.333. The summed E-state index contributed by atoms with van der Waals surface area (Å²) in [6, 6.07) is 3.13. The van der Waals surface area contributed by atoms with Gasteiger partial charge in [0.25, 0.3) is 0 Å². The zero-order valence-electron chi connectivity index (χ0n) is 15.9. The molecule has 2 atom stereocenters. The maximum absolute atomic E-state index is 13.7. The van der Waals surface area contributed by atoms with Crippen molar-refractivity contribution >= 4 is 28.0 Å². The van der Waals surface area contributed by atoms with Crippen LogP contribution in [-0.2, 0) is 4.79 Å². The zero-order valence-corrected chi connectivity index (χ0v) is 15.9. The van der Waals surface area contributed by atoms with E-state index in [1.54, 1.807) is 12.4 Å². The van der Waals surface area contributed by atoms with Crippen LogP contribution < -0.4 is 0 Å². The number of aromatic nitrogens is 5. The fourth-order valence-corrected chi connectivity index (χ4v) is 4.49. The molecule has 29 heavy (non-hydrogen) atoms. The monoisotopic (exact) mass is 393 g/mol. The Labute approximate surface area is 165 Å². The molecular weight excluding hydrogens is 373 g/mol. The van der Waals surface area contributed by atoms with Crippen LogP contribution in [0, 0.1) is 11.2 Å². The Morgan fingerprint density at radius 1 is 1.34 bits per heavy atom. The topological polar surface area (TPSA) is 96.7 Å². The molecule has 5 rings (SSSR count). The second kappa shape index (κ2) is 6.37. The molecule has 0 amide bonds. The molecule has 0 aliphatic heterocycles. The van der Waals surface area contributed by atoms with Crippen molar-refractivity contribution < 1.29 is 14.3 Å². The second-order valence-corrected chi connectivity index (χ2v) is 7.93. The summed E-state index contributed by atoms with van der Waals surface area (Å²) in [5.74, 6) is -0.761. The van der Waals surface area contributed by atoms with E-state index in [1.165, 1.54) is 6.07 Å². The molecule has 0 unspecified atom stereocenters. The lowest BCUT2D eigenvalue weighted by Crippen LogP contribution is -2.39. The third-order valence-corrected chi connectivity index (χ3v) is 6.18. The number of carboxylic acid groups (broad SMARTS) is 1. The van der Waals surface area contributed by atoms with E-state index in [4.69, 9.17) is 4.98 Å². The van der Waals surface area contributed by atoms with E-state index >= 15 is 0 Å². The van der Waals surface area contributed by atoms with Crippen LogP contribution in [0.4, 0.5) is 4.39 Å². The summed E-state index contributed by atoms with van der Waals surface area (Å²) < 4.78 is 15.7. The summed E-state index contributed by atoms with van der Waals surface area (Å²) in [6.45, 7) is 1.82. The number of carboxylic acids is 1. The first kappa shape index (κ1) is 17.8. The van der Waals surface area contributed by atoms with Gasteiger partial charge in [-0.05, 0) is 31.9 Å². The Hall–Kier alpha value is -3.29. The van der Waals surface area contributed by atoms with E-state index in [1.807, 2.05) is 23.8 Å². The molecule has 1 saturated carbocycles. The normalized spacial score (nSPS) is 22.3. The summed E-state index contributed by atoms with van der Waals surface area (Å²) in [5.41, 5.74) is 1.06. The van der Waals surface area contributed by atoms with E-state index in [9.17, 15) is 14.3 Å². The molecule has 0 radical (unpaired) electrons. The Balaban J connectivity index is 1.66. The molecule has 8 heteroatoms. The van der Waals surface area contributed by atoms with E-state index in [2.05, 4.69) is 15.0 Å². The highest BCUT2D eigenvalue weighted by Gasteiger charge is 2.44. The Kier molecular flexibility index (Phi) is 3.90. The van der Waals surface area contributed by atoms with Crippen LogP contribution in [-0.4, -0.2) is 35.6 Å². The van der Waals surface area contributed by atoms with Gasteiger partial charge in [-0.2, -0.15) is 0 Å². The van der Waals surface area contributed by atoms with Crippen molar-refractivity contribution in [2.45, 2.75) is 38.6 Å². The smallest absolute Gasteiger partial charge is 0.311 e. The number of rotatable bonds is 3. The predicted octanol–water partition coefficient (Wildman–Crippen LogP) is 4.32. The number of nitrogens with one attached hydrogen (secondary N) is 1. The van der Waals surface area contributed by atoms with Crippen LogP contribution >= 0.6 is 0 Å². The first-order chi connectivity index (χ1) is 14.0. The SMILES string of the molecule is C[C@]1(C(=O)O)CCCC[C@@H]1n1ccc2cnc(-c3c[nH]c4ncc(F)cc34)nc21. The number of halogens is 1. The lowest BCUT2D eigenvalue weighted by molar-refractivity contribution is -0.152. The highest BCUT2D eigenvalue weighted by Crippen LogP contribution is 2.45. The number of nitrogens with zero attached hydrogens (tertiary/aromatic N) is 4. The summed E-state index contributed by atoms with van der Waals surface area (Å²) in [5, 5.41) is 11.3. The van der Waals surface area contributed by atoms with Crippen molar-refractivity contribution in [1.29, 1.82) is 0 Å². The van der Waals surface area contributed by atoms with Gasteiger partial charge in [0.2, 0.25) is 0 Å². The molecular formula is C21H20FN5O2. The molecule has 0 aromatic carbocycles. The first-order valence-electron chi connectivity index (χ1n) is 9.67. The average Bonchev–Trinajstić information content (AvgIpc) is 3.31. The highest BCUT2D eigenvalue weighted by atomic mass is 19.1. The summed E-state index contributed by atoms with van der Waals surface area (Å²) in [6.07, 6.45) is 9.82. The highest BCUT2D eigenvalue weighted by molar-refractivity contribution is 5.92. The molecule has 148 valence electrons. The number of hydrogen-bond acceptors (Lipinski definition) is 4. The number of aromatic amines is 1. The molecule has 4 aromatic heterocycles. The number of carbonyl (C=O) groups is 1. The summed E-state index contributed by atoms with van der Waals surface area (Å²) >= 11 is 0. The second-order valence-electron chi connectivity index (χ2n) is 7.93. The minimum atomic E-state index is -0.844. The van der Waals surface area contributed by atoms with Crippen molar-refractivity contribution in [2.24, 2.45) is 5.41 Å². The van der Waals surface area contributed by atoms with Crippen molar-refractivity contribution in [3.63, 3.8) is 0 Å². The van der Waals surface area contributed by atoms with Gasteiger partial charge in [-0.25, -0.2) is 19.3 Å². The molecule has 7 nitrogen and oxygen atoms in total. The van der Waals surface area contributed by atoms with Crippen molar-refractivity contribution in [2.75, 3.05) is 0 Å². The number of pyridine rings is 1. The van der Waals surface area contributed by atoms with Gasteiger partial charge in [-0.1, -0.05) is 12.8 Å². The third kappa shape index (κ3) is 2.70. The number of hydrogen-bond donors (Lipinski definition) is 2. The summed E-state index contributed by atoms with van der Waals surface area (Å²) in [4.78, 5) is 28.3. The quantitative estimate of drug-likeness (QED) is 0.540. The van der Waals surface area contributed by atoms with Gasteiger partial charge in [0.15, 0.2) is 5.82 Å². The Bertz CT molecular complexity index is 1250. The zero-order chi connectivity index (χ0) is 20.2. The minimum Gasteiger partial charge on any atom is -0.481 e. The van der Waals surface area contributed by atoms with E-state index in [0.29, 0.717) is 34.5 Å².